The van der Waals surface area contributed by atoms with Crippen LogP contribution in [0.2, 0.25) is 0 Å². The maximum atomic E-state index is 12.8. The maximum Gasteiger partial charge on any atom is 0.341 e. The average molecular weight is 560 g/mol. The quantitative estimate of drug-likeness (QED) is 0.382. The summed E-state index contributed by atoms with van der Waals surface area (Å²) in [5, 5.41) is 3.05. The molecule has 8 nitrogen and oxygen atoms in total. The Hall–Kier alpha value is -3.37. The zero-order valence-corrected chi connectivity index (χ0v) is 21.4. The van der Waals surface area contributed by atoms with Crippen molar-refractivity contribution in [2.45, 2.75) is 20.3 Å². The lowest BCUT2D eigenvalue weighted by molar-refractivity contribution is -0.119. The summed E-state index contributed by atoms with van der Waals surface area (Å²) in [5.41, 5.74) is 2.26. The molecular weight excluding hydrogens is 538 g/mol. The number of hydrogen-bond donors (Lipinski definition) is 1. The van der Waals surface area contributed by atoms with Gasteiger partial charge in [0.1, 0.15) is 5.00 Å². The number of esters is 2. The molecule has 1 aliphatic heterocycles. The first-order chi connectivity index (χ1) is 16.9. The number of halogens is 1. The minimum atomic E-state index is -0.635. The van der Waals surface area contributed by atoms with E-state index in [0.717, 1.165) is 16.0 Å². The van der Waals surface area contributed by atoms with Crippen LogP contribution in [0.5, 0.6) is 11.5 Å². The second-order valence-electron chi connectivity index (χ2n) is 7.53. The number of benzene rings is 2. The summed E-state index contributed by atoms with van der Waals surface area (Å²) >= 11 is 4.55. The van der Waals surface area contributed by atoms with Crippen LogP contribution in [-0.4, -0.2) is 37.9 Å². The van der Waals surface area contributed by atoms with Crippen molar-refractivity contribution in [1.82, 2.24) is 0 Å². The van der Waals surface area contributed by atoms with Gasteiger partial charge in [-0.1, -0.05) is 18.2 Å². The van der Waals surface area contributed by atoms with E-state index in [2.05, 4.69) is 21.2 Å². The Bertz CT molecular complexity index is 1290. The summed E-state index contributed by atoms with van der Waals surface area (Å²) in [4.78, 5) is 38.6. The lowest BCUT2D eigenvalue weighted by Crippen LogP contribution is -2.22. The summed E-state index contributed by atoms with van der Waals surface area (Å²) < 4.78 is 21.8. The first kappa shape index (κ1) is 24.7. The number of anilines is 1. The van der Waals surface area contributed by atoms with Crippen LogP contribution in [0.25, 0.3) is 0 Å². The van der Waals surface area contributed by atoms with Crippen LogP contribution in [0, 0.1) is 6.92 Å². The van der Waals surface area contributed by atoms with Crippen molar-refractivity contribution in [3.63, 3.8) is 0 Å². The number of aryl methyl sites for hydroxylation is 1. The number of ether oxygens (including phenoxy) is 4. The van der Waals surface area contributed by atoms with E-state index >= 15 is 0 Å². The molecule has 1 amide bonds. The molecule has 0 atom stereocenters. The molecule has 0 fully saturated rings. The summed E-state index contributed by atoms with van der Waals surface area (Å²) in [6, 6.07) is 12.4. The summed E-state index contributed by atoms with van der Waals surface area (Å²) in [6.07, 6.45) is 0.431. The smallest absolute Gasteiger partial charge is 0.341 e. The highest BCUT2D eigenvalue weighted by Crippen LogP contribution is 2.37. The van der Waals surface area contributed by atoms with E-state index in [1.807, 2.05) is 25.1 Å². The van der Waals surface area contributed by atoms with Crippen molar-refractivity contribution in [1.29, 1.82) is 0 Å². The number of thiophene rings is 1. The summed E-state index contributed by atoms with van der Waals surface area (Å²) in [7, 11) is 0. The molecule has 0 radical (unpaired) electrons. The molecule has 182 valence electrons. The largest absolute Gasteiger partial charge is 0.462 e. The third-order valence-corrected chi connectivity index (χ3v) is 6.94. The molecular formula is C25H22BrNO7S. The number of rotatable bonds is 8. The molecule has 4 rings (SSSR count). The van der Waals surface area contributed by atoms with Gasteiger partial charge in [0.2, 0.25) is 6.79 Å². The maximum absolute atomic E-state index is 12.8. The Kier molecular flexibility index (Phi) is 7.72. The Labute approximate surface area is 214 Å². The van der Waals surface area contributed by atoms with Gasteiger partial charge >= 0.3 is 11.9 Å². The molecule has 0 saturated heterocycles. The molecule has 35 heavy (non-hydrogen) atoms. The number of nitrogens with one attached hydrogen (secondary N) is 1. The fourth-order valence-corrected chi connectivity index (χ4v) is 5.08. The van der Waals surface area contributed by atoms with Crippen LogP contribution in [0.4, 0.5) is 5.00 Å². The Morgan fingerprint density at radius 1 is 1.06 bits per heavy atom. The molecule has 0 aliphatic carbocycles. The van der Waals surface area contributed by atoms with Crippen molar-refractivity contribution >= 4 is 50.1 Å². The van der Waals surface area contributed by atoms with Crippen LogP contribution in [-0.2, 0) is 20.7 Å². The topological polar surface area (TPSA) is 100 Å². The van der Waals surface area contributed by atoms with Crippen LogP contribution in [0.1, 0.15) is 43.6 Å². The first-order valence-corrected chi connectivity index (χ1v) is 12.4. The lowest BCUT2D eigenvalue weighted by atomic mass is 10.0. The molecule has 1 N–H and O–H groups in total. The van der Waals surface area contributed by atoms with E-state index in [1.54, 1.807) is 31.2 Å². The second kappa shape index (κ2) is 10.9. The number of hydrogen-bond acceptors (Lipinski definition) is 8. The fourth-order valence-electron chi connectivity index (χ4n) is 3.55. The number of carbonyl (C=O) groups is 3. The minimum Gasteiger partial charge on any atom is -0.462 e. The van der Waals surface area contributed by atoms with Gasteiger partial charge < -0.3 is 24.3 Å². The molecule has 10 heteroatoms. The van der Waals surface area contributed by atoms with Crippen molar-refractivity contribution in [3.05, 3.63) is 74.1 Å². The Balaban J connectivity index is 1.52. The molecule has 2 heterocycles. The zero-order valence-electron chi connectivity index (χ0n) is 19.0. The molecule has 1 aromatic heterocycles. The van der Waals surface area contributed by atoms with Crippen LogP contribution in [0.3, 0.4) is 0 Å². The predicted molar refractivity (Wildman–Crippen MR) is 133 cm³/mol. The van der Waals surface area contributed by atoms with Gasteiger partial charge in [-0.15, -0.1) is 11.3 Å². The summed E-state index contributed by atoms with van der Waals surface area (Å²) in [6.45, 7) is 3.45. The van der Waals surface area contributed by atoms with Crippen LogP contribution >= 0.6 is 27.3 Å². The van der Waals surface area contributed by atoms with E-state index in [9.17, 15) is 14.4 Å². The Morgan fingerprint density at radius 2 is 1.83 bits per heavy atom. The van der Waals surface area contributed by atoms with Crippen molar-refractivity contribution < 1.29 is 33.3 Å². The van der Waals surface area contributed by atoms with Gasteiger partial charge in [-0.3, -0.25) is 4.79 Å². The van der Waals surface area contributed by atoms with Crippen molar-refractivity contribution in [3.8, 4) is 11.5 Å². The van der Waals surface area contributed by atoms with Gasteiger partial charge in [0.25, 0.3) is 5.91 Å². The molecule has 2 aromatic carbocycles. The van der Waals surface area contributed by atoms with Crippen molar-refractivity contribution in [2.24, 2.45) is 0 Å². The zero-order chi connectivity index (χ0) is 24.9. The van der Waals surface area contributed by atoms with Gasteiger partial charge in [-0.2, -0.15) is 0 Å². The van der Waals surface area contributed by atoms with Crippen LogP contribution < -0.4 is 14.8 Å². The van der Waals surface area contributed by atoms with E-state index < -0.39 is 24.5 Å². The van der Waals surface area contributed by atoms with E-state index in [1.165, 1.54) is 11.3 Å². The minimum absolute atomic E-state index is 0.173. The third kappa shape index (κ3) is 5.66. The predicted octanol–water partition coefficient (Wildman–Crippen LogP) is 5.11. The normalized spacial score (nSPS) is 11.7. The summed E-state index contributed by atoms with van der Waals surface area (Å²) in [5.74, 6) is -0.413. The number of carbonyl (C=O) groups excluding carboxylic acids is 3. The van der Waals surface area contributed by atoms with E-state index in [4.69, 9.17) is 18.9 Å². The highest BCUT2D eigenvalue weighted by Gasteiger charge is 2.26. The molecule has 0 saturated carbocycles. The highest BCUT2D eigenvalue weighted by atomic mass is 79.9. The van der Waals surface area contributed by atoms with E-state index in [0.29, 0.717) is 33.0 Å². The average Bonchev–Trinajstić information content (AvgIpc) is 3.41. The lowest BCUT2D eigenvalue weighted by Gasteiger charge is -2.10. The van der Waals surface area contributed by atoms with Crippen molar-refractivity contribution in [2.75, 3.05) is 25.3 Å². The molecule has 0 bridgehead atoms. The highest BCUT2D eigenvalue weighted by molar-refractivity contribution is 9.10. The standard InChI is InChI=1S/C25H22BrNO7S/c1-3-31-25(30)22-17(10-15-8-9-19-20(11-15)34-13-33-19)14(2)35-23(22)27-21(28)12-32-24(29)16-6-4-5-7-18(16)26/h4-9,11H,3,10,12-13H2,1-2H3,(H,27,28). The molecule has 0 unspecified atom stereocenters. The fraction of sp³-hybridized carbons (Fsp3) is 0.240. The van der Waals surface area contributed by atoms with E-state index in [-0.39, 0.29) is 19.0 Å². The van der Waals surface area contributed by atoms with Gasteiger partial charge in [0.05, 0.1) is 17.7 Å². The number of fused-ring (bicyclic) bond motifs is 1. The van der Waals surface area contributed by atoms with Gasteiger partial charge in [-0.05, 0) is 71.6 Å². The van der Waals surface area contributed by atoms with Gasteiger partial charge in [0.15, 0.2) is 18.1 Å². The molecule has 3 aromatic rings. The monoisotopic (exact) mass is 559 g/mol. The van der Waals surface area contributed by atoms with Gasteiger partial charge in [0, 0.05) is 9.35 Å². The number of amides is 1. The molecule has 1 aliphatic rings. The molecule has 0 spiro atoms. The first-order valence-electron chi connectivity index (χ1n) is 10.8. The Morgan fingerprint density at radius 3 is 2.60 bits per heavy atom. The van der Waals surface area contributed by atoms with Crippen LogP contribution in [0.15, 0.2) is 46.9 Å². The SMILES string of the molecule is CCOC(=O)c1c(NC(=O)COC(=O)c2ccccc2Br)sc(C)c1Cc1ccc2c(c1)OCO2. The van der Waals surface area contributed by atoms with Gasteiger partial charge in [-0.25, -0.2) is 9.59 Å². The second-order valence-corrected chi connectivity index (χ2v) is 9.61. The third-order valence-electron chi connectivity index (χ3n) is 5.19.